The Bertz CT molecular complexity index is 333. The van der Waals surface area contributed by atoms with Crippen molar-refractivity contribution in [2.45, 2.75) is 4.90 Å². The van der Waals surface area contributed by atoms with E-state index in [4.69, 9.17) is 10.5 Å². The minimum atomic E-state index is 0.555. The first kappa shape index (κ1) is 7.65. The second-order valence-electron chi connectivity index (χ2n) is 1.80. The average Bonchev–Trinajstić information content (AvgIpc) is 2.06. The van der Waals surface area contributed by atoms with Crippen molar-refractivity contribution in [2.75, 3.05) is 0 Å². The maximum Gasteiger partial charge on any atom is 0.138 e. The lowest BCUT2D eigenvalue weighted by molar-refractivity contribution is 1.37. The molecule has 0 unspecified atom stereocenters. The van der Waals surface area contributed by atoms with Crippen molar-refractivity contribution in [3.05, 3.63) is 29.8 Å². The molecular formula is C8H4N2S. The lowest BCUT2D eigenvalue weighted by atomic mass is 10.2. The Kier molecular flexibility index (Phi) is 2.54. The Morgan fingerprint density at radius 2 is 1.91 bits per heavy atom. The monoisotopic (exact) mass is 160 g/mol. The van der Waals surface area contributed by atoms with Gasteiger partial charge < -0.3 is 0 Å². The fourth-order valence-electron chi connectivity index (χ4n) is 0.697. The van der Waals surface area contributed by atoms with Crippen molar-refractivity contribution in [2.24, 2.45) is 0 Å². The van der Waals surface area contributed by atoms with Crippen LogP contribution in [0.1, 0.15) is 5.56 Å². The number of thiocyanates is 1. The normalized spacial score (nSPS) is 8.18. The van der Waals surface area contributed by atoms with Crippen molar-refractivity contribution in [1.82, 2.24) is 0 Å². The number of nitrogens with zero attached hydrogens (tertiary/aromatic N) is 2. The molecule has 0 aliphatic heterocycles. The highest BCUT2D eigenvalue weighted by Gasteiger charge is 1.98. The van der Waals surface area contributed by atoms with Crippen LogP contribution in [-0.2, 0) is 0 Å². The van der Waals surface area contributed by atoms with Crippen molar-refractivity contribution in [3.63, 3.8) is 0 Å². The smallest absolute Gasteiger partial charge is 0.138 e. The van der Waals surface area contributed by atoms with Crippen LogP contribution >= 0.6 is 11.8 Å². The summed E-state index contributed by atoms with van der Waals surface area (Å²) in [6, 6.07) is 9.04. The van der Waals surface area contributed by atoms with E-state index in [1.54, 1.807) is 24.3 Å². The van der Waals surface area contributed by atoms with Crippen LogP contribution in [0.4, 0.5) is 0 Å². The molecule has 1 rings (SSSR count). The van der Waals surface area contributed by atoms with E-state index in [-0.39, 0.29) is 0 Å². The molecule has 0 saturated heterocycles. The minimum Gasteiger partial charge on any atom is -0.192 e. The topological polar surface area (TPSA) is 47.6 Å². The Morgan fingerprint density at radius 1 is 1.18 bits per heavy atom. The molecule has 2 nitrogen and oxygen atoms in total. The first-order chi connectivity index (χ1) is 5.38. The number of hydrogen-bond donors (Lipinski definition) is 0. The highest BCUT2D eigenvalue weighted by Crippen LogP contribution is 2.19. The average molecular weight is 160 g/mol. The molecule has 11 heavy (non-hydrogen) atoms. The Labute approximate surface area is 69.1 Å². The molecule has 1 aromatic carbocycles. The van der Waals surface area contributed by atoms with Crippen molar-refractivity contribution < 1.29 is 0 Å². The minimum absolute atomic E-state index is 0.555. The van der Waals surface area contributed by atoms with Crippen LogP contribution in [0.2, 0.25) is 0 Å². The van der Waals surface area contributed by atoms with E-state index in [0.717, 1.165) is 16.7 Å². The lowest BCUT2D eigenvalue weighted by Gasteiger charge is -1.93. The molecule has 1 aromatic rings. The summed E-state index contributed by atoms with van der Waals surface area (Å²) < 4.78 is 0. The van der Waals surface area contributed by atoms with Crippen molar-refractivity contribution in [1.29, 1.82) is 10.5 Å². The Balaban J connectivity index is 3.07. The van der Waals surface area contributed by atoms with Crippen LogP contribution in [0.3, 0.4) is 0 Å². The van der Waals surface area contributed by atoms with Gasteiger partial charge in [-0.3, -0.25) is 0 Å². The van der Waals surface area contributed by atoms with Crippen LogP contribution in [0.5, 0.6) is 0 Å². The molecule has 0 amide bonds. The SMILES string of the molecule is N#CSc1ccccc1C#N. The largest absolute Gasteiger partial charge is 0.192 e. The van der Waals surface area contributed by atoms with E-state index in [2.05, 4.69) is 0 Å². The van der Waals surface area contributed by atoms with E-state index in [0.29, 0.717) is 5.56 Å². The van der Waals surface area contributed by atoms with Gasteiger partial charge >= 0.3 is 0 Å². The molecule has 52 valence electrons. The number of benzene rings is 1. The van der Waals surface area contributed by atoms with Gasteiger partial charge in [0.15, 0.2) is 0 Å². The predicted molar refractivity (Wildman–Crippen MR) is 42.6 cm³/mol. The number of thioether (sulfide) groups is 1. The second kappa shape index (κ2) is 3.65. The van der Waals surface area contributed by atoms with E-state index in [1.807, 2.05) is 11.5 Å². The molecule has 0 radical (unpaired) electrons. The molecular weight excluding hydrogens is 156 g/mol. The highest BCUT2D eigenvalue weighted by atomic mass is 32.2. The van der Waals surface area contributed by atoms with Gasteiger partial charge in [0.1, 0.15) is 11.5 Å². The van der Waals surface area contributed by atoms with Crippen LogP contribution < -0.4 is 0 Å². The number of rotatable bonds is 1. The second-order valence-corrected chi connectivity index (χ2v) is 2.63. The summed E-state index contributed by atoms with van der Waals surface area (Å²) in [4.78, 5) is 0.720. The van der Waals surface area contributed by atoms with E-state index < -0.39 is 0 Å². The van der Waals surface area contributed by atoms with Crippen LogP contribution in [0.25, 0.3) is 0 Å². The highest BCUT2D eigenvalue weighted by molar-refractivity contribution is 8.03. The van der Waals surface area contributed by atoms with Crippen LogP contribution in [0.15, 0.2) is 29.2 Å². The Morgan fingerprint density at radius 3 is 2.55 bits per heavy atom. The zero-order valence-corrected chi connectivity index (χ0v) is 6.43. The number of nitriles is 2. The molecule has 0 aromatic heterocycles. The Hall–Kier alpha value is -1.45. The van der Waals surface area contributed by atoms with Gasteiger partial charge in [0.25, 0.3) is 0 Å². The molecule has 3 heteroatoms. The molecule has 0 spiro atoms. The molecule has 0 atom stereocenters. The van der Waals surface area contributed by atoms with Gasteiger partial charge in [0.05, 0.1) is 5.56 Å². The summed E-state index contributed by atoms with van der Waals surface area (Å²) in [5, 5.41) is 18.8. The molecule has 0 heterocycles. The van der Waals surface area contributed by atoms with Gasteiger partial charge in [-0.15, -0.1) is 0 Å². The summed E-state index contributed by atoms with van der Waals surface area (Å²) in [6.45, 7) is 0. The molecule has 0 saturated carbocycles. The van der Waals surface area contributed by atoms with E-state index in [9.17, 15) is 0 Å². The quantitative estimate of drug-likeness (QED) is 0.467. The molecule has 0 aliphatic carbocycles. The lowest BCUT2D eigenvalue weighted by Crippen LogP contribution is -1.76. The van der Waals surface area contributed by atoms with Gasteiger partial charge in [-0.1, -0.05) is 12.1 Å². The van der Waals surface area contributed by atoms with Gasteiger partial charge in [0.2, 0.25) is 0 Å². The maximum atomic E-state index is 8.57. The number of hydrogen-bond acceptors (Lipinski definition) is 3. The predicted octanol–water partition coefficient (Wildman–Crippen LogP) is 2.13. The molecule has 0 fully saturated rings. The maximum absolute atomic E-state index is 8.57. The van der Waals surface area contributed by atoms with Crippen LogP contribution in [-0.4, -0.2) is 0 Å². The summed E-state index contributed by atoms with van der Waals surface area (Å²) >= 11 is 1.01. The summed E-state index contributed by atoms with van der Waals surface area (Å²) in [5.74, 6) is 0. The standard InChI is InChI=1S/C8H4N2S/c9-5-7-3-1-2-4-8(7)11-6-10/h1-4H. The third-order valence-electron chi connectivity index (χ3n) is 1.16. The fourth-order valence-corrected chi connectivity index (χ4v) is 1.17. The third-order valence-corrected chi connectivity index (χ3v) is 1.83. The summed E-state index contributed by atoms with van der Waals surface area (Å²) in [6.07, 6.45) is 0. The first-order valence-corrected chi connectivity index (χ1v) is 3.75. The van der Waals surface area contributed by atoms with Gasteiger partial charge in [-0.25, -0.2) is 0 Å². The zero-order chi connectivity index (χ0) is 8.10. The van der Waals surface area contributed by atoms with Crippen molar-refractivity contribution in [3.8, 4) is 11.5 Å². The summed E-state index contributed by atoms with van der Waals surface area (Å²) in [7, 11) is 0. The molecule has 0 N–H and O–H groups in total. The van der Waals surface area contributed by atoms with E-state index >= 15 is 0 Å². The fraction of sp³-hybridized carbons (Fsp3) is 0. The summed E-state index contributed by atoms with van der Waals surface area (Å²) in [5.41, 5.74) is 0.555. The third kappa shape index (κ3) is 1.73. The first-order valence-electron chi connectivity index (χ1n) is 2.93. The van der Waals surface area contributed by atoms with Gasteiger partial charge in [-0.05, 0) is 23.9 Å². The van der Waals surface area contributed by atoms with Crippen molar-refractivity contribution >= 4 is 11.8 Å². The van der Waals surface area contributed by atoms with E-state index in [1.165, 1.54) is 0 Å². The molecule has 0 bridgehead atoms. The molecule has 0 aliphatic rings. The van der Waals surface area contributed by atoms with Gasteiger partial charge in [0, 0.05) is 4.90 Å². The van der Waals surface area contributed by atoms with Gasteiger partial charge in [-0.2, -0.15) is 10.5 Å². The zero-order valence-electron chi connectivity index (χ0n) is 5.61. The van der Waals surface area contributed by atoms with Crippen LogP contribution in [0, 0.1) is 22.0 Å².